The zero-order chi connectivity index (χ0) is 10.9. The maximum absolute atomic E-state index is 5.35. The van der Waals surface area contributed by atoms with Crippen LogP contribution in [0.3, 0.4) is 0 Å². The van der Waals surface area contributed by atoms with E-state index in [4.69, 9.17) is 4.74 Å². The number of aromatic nitrogens is 1. The predicted octanol–water partition coefficient (Wildman–Crippen LogP) is 1.59. The molecule has 0 saturated heterocycles. The third kappa shape index (κ3) is 4.48. The molecule has 0 spiro atoms. The minimum absolute atomic E-state index is 0.421. The molecule has 0 aliphatic carbocycles. The van der Waals surface area contributed by atoms with Crippen LogP contribution in [0.15, 0.2) is 18.3 Å². The summed E-state index contributed by atoms with van der Waals surface area (Å²) in [5, 5.41) is 3.21. The molecule has 3 nitrogen and oxygen atoms in total. The molecule has 15 heavy (non-hydrogen) atoms. The molecule has 1 aromatic rings. The Balaban J connectivity index is 2.43. The maximum atomic E-state index is 5.35. The van der Waals surface area contributed by atoms with Gasteiger partial charge in [-0.15, -0.1) is 5.92 Å². The molecule has 0 unspecified atom stereocenters. The van der Waals surface area contributed by atoms with Gasteiger partial charge in [0.2, 0.25) is 0 Å². The zero-order valence-corrected chi connectivity index (χ0v) is 9.21. The van der Waals surface area contributed by atoms with Gasteiger partial charge in [0, 0.05) is 6.54 Å². The Kier molecular flexibility index (Phi) is 5.28. The van der Waals surface area contributed by atoms with Gasteiger partial charge in [-0.2, -0.15) is 0 Å². The Labute approximate surface area is 90.9 Å². The summed E-state index contributed by atoms with van der Waals surface area (Å²) in [6, 6.07) is 3.87. The topological polar surface area (TPSA) is 34.1 Å². The zero-order valence-electron chi connectivity index (χ0n) is 9.21. The van der Waals surface area contributed by atoms with E-state index in [1.54, 1.807) is 13.1 Å². The normalized spacial score (nSPS) is 9.20. The van der Waals surface area contributed by atoms with Gasteiger partial charge < -0.3 is 10.1 Å². The van der Waals surface area contributed by atoms with E-state index >= 15 is 0 Å². The Morgan fingerprint density at radius 2 is 2.33 bits per heavy atom. The standard InChI is InChI=1S/C12H16N2O/c1-3-5-8-15-12-7-6-11(14-10-12)9-13-4-2/h6-7,10,13H,4,8-9H2,1-2H3. The minimum Gasteiger partial charge on any atom is -0.479 e. The number of hydrogen-bond acceptors (Lipinski definition) is 3. The molecule has 0 amide bonds. The third-order valence-electron chi connectivity index (χ3n) is 1.84. The van der Waals surface area contributed by atoms with Crippen molar-refractivity contribution in [3.05, 3.63) is 24.0 Å². The third-order valence-corrected chi connectivity index (χ3v) is 1.84. The fourth-order valence-electron chi connectivity index (χ4n) is 1.05. The number of nitrogens with one attached hydrogen (secondary N) is 1. The smallest absolute Gasteiger partial charge is 0.149 e. The molecule has 1 aromatic heterocycles. The Morgan fingerprint density at radius 1 is 1.47 bits per heavy atom. The van der Waals surface area contributed by atoms with E-state index < -0.39 is 0 Å². The average molecular weight is 204 g/mol. The van der Waals surface area contributed by atoms with Crippen molar-refractivity contribution in [1.82, 2.24) is 10.3 Å². The molecule has 0 aromatic carbocycles. The van der Waals surface area contributed by atoms with E-state index in [1.807, 2.05) is 12.1 Å². The molecule has 1 N–H and O–H groups in total. The molecule has 0 radical (unpaired) electrons. The molecule has 0 aliphatic rings. The number of nitrogens with zero attached hydrogens (tertiary/aromatic N) is 1. The highest BCUT2D eigenvalue weighted by molar-refractivity contribution is 5.20. The molecule has 0 atom stereocenters. The van der Waals surface area contributed by atoms with Crippen LogP contribution >= 0.6 is 0 Å². The lowest BCUT2D eigenvalue weighted by Crippen LogP contribution is -2.12. The van der Waals surface area contributed by atoms with Crippen LogP contribution in [0.4, 0.5) is 0 Å². The van der Waals surface area contributed by atoms with Crippen molar-refractivity contribution in [3.8, 4) is 17.6 Å². The SMILES string of the molecule is CC#CCOc1ccc(CNCC)nc1. The first-order valence-corrected chi connectivity index (χ1v) is 5.05. The lowest BCUT2D eigenvalue weighted by Gasteiger charge is -2.03. The van der Waals surface area contributed by atoms with Crippen LogP contribution in [-0.2, 0) is 6.54 Å². The van der Waals surface area contributed by atoms with E-state index in [0.717, 1.165) is 24.5 Å². The Morgan fingerprint density at radius 3 is 2.93 bits per heavy atom. The van der Waals surface area contributed by atoms with Crippen LogP contribution in [0.5, 0.6) is 5.75 Å². The lowest BCUT2D eigenvalue weighted by molar-refractivity contribution is 0.368. The van der Waals surface area contributed by atoms with Gasteiger partial charge in [-0.25, -0.2) is 0 Å². The quantitative estimate of drug-likeness (QED) is 0.740. The van der Waals surface area contributed by atoms with Gasteiger partial charge in [-0.05, 0) is 25.6 Å². The molecule has 3 heteroatoms. The van der Waals surface area contributed by atoms with Crippen molar-refractivity contribution in [2.24, 2.45) is 0 Å². The Hall–Kier alpha value is -1.53. The molecule has 1 heterocycles. The van der Waals surface area contributed by atoms with Gasteiger partial charge in [-0.3, -0.25) is 4.98 Å². The summed E-state index contributed by atoms with van der Waals surface area (Å²) in [5.74, 6) is 6.37. The van der Waals surface area contributed by atoms with Crippen molar-refractivity contribution >= 4 is 0 Å². The van der Waals surface area contributed by atoms with Crippen molar-refractivity contribution in [2.45, 2.75) is 20.4 Å². The summed E-state index contributed by atoms with van der Waals surface area (Å²) >= 11 is 0. The number of ether oxygens (including phenoxy) is 1. The van der Waals surface area contributed by atoms with Gasteiger partial charge in [0.15, 0.2) is 0 Å². The van der Waals surface area contributed by atoms with Crippen LogP contribution in [0.25, 0.3) is 0 Å². The van der Waals surface area contributed by atoms with Gasteiger partial charge >= 0.3 is 0 Å². The molecule has 0 fully saturated rings. The predicted molar refractivity (Wildman–Crippen MR) is 60.6 cm³/mol. The summed E-state index contributed by atoms with van der Waals surface area (Å²) in [5.41, 5.74) is 1.02. The summed E-state index contributed by atoms with van der Waals surface area (Å²) in [4.78, 5) is 4.26. The minimum atomic E-state index is 0.421. The molecular formula is C12H16N2O. The van der Waals surface area contributed by atoms with Gasteiger partial charge in [0.25, 0.3) is 0 Å². The highest BCUT2D eigenvalue weighted by Crippen LogP contribution is 2.08. The number of hydrogen-bond donors (Lipinski definition) is 1. The monoisotopic (exact) mass is 204 g/mol. The van der Waals surface area contributed by atoms with Crippen molar-refractivity contribution < 1.29 is 4.74 Å². The molecular weight excluding hydrogens is 188 g/mol. The van der Waals surface area contributed by atoms with E-state index in [2.05, 4.69) is 29.1 Å². The van der Waals surface area contributed by atoms with Gasteiger partial charge in [0.1, 0.15) is 12.4 Å². The van der Waals surface area contributed by atoms with Crippen molar-refractivity contribution in [2.75, 3.05) is 13.2 Å². The number of rotatable bonds is 5. The van der Waals surface area contributed by atoms with Crippen LogP contribution in [-0.4, -0.2) is 18.1 Å². The lowest BCUT2D eigenvalue weighted by atomic mass is 10.3. The number of pyridine rings is 1. The second kappa shape index (κ2) is 6.86. The van der Waals surface area contributed by atoms with Crippen LogP contribution in [0.2, 0.25) is 0 Å². The van der Waals surface area contributed by atoms with Crippen molar-refractivity contribution in [1.29, 1.82) is 0 Å². The van der Waals surface area contributed by atoms with Gasteiger partial charge in [-0.1, -0.05) is 12.8 Å². The highest BCUT2D eigenvalue weighted by Gasteiger charge is 1.95. The summed E-state index contributed by atoms with van der Waals surface area (Å²) in [7, 11) is 0. The molecule has 0 saturated carbocycles. The summed E-state index contributed by atoms with van der Waals surface area (Å²) in [6.07, 6.45) is 1.73. The van der Waals surface area contributed by atoms with Crippen LogP contribution in [0.1, 0.15) is 19.5 Å². The van der Waals surface area contributed by atoms with E-state index in [-0.39, 0.29) is 0 Å². The van der Waals surface area contributed by atoms with Gasteiger partial charge in [0.05, 0.1) is 11.9 Å². The second-order valence-corrected chi connectivity index (χ2v) is 2.98. The first-order valence-electron chi connectivity index (χ1n) is 5.05. The molecule has 0 bridgehead atoms. The fourth-order valence-corrected chi connectivity index (χ4v) is 1.05. The summed E-state index contributed by atoms with van der Waals surface area (Å²) in [6.45, 7) is 6.03. The molecule has 80 valence electrons. The fraction of sp³-hybridized carbons (Fsp3) is 0.417. The second-order valence-electron chi connectivity index (χ2n) is 2.98. The molecule has 0 aliphatic heterocycles. The molecule has 1 rings (SSSR count). The van der Waals surface area contributed by atoms with Crippen LogP contribution in [0, 0.1) is 11.8 Å². The first kappa shape index (κ1) is 11.5. The van der Waals surface area contributed by atoms with E-state index in [0.29, 0.717) is 6.61 Å². The van der Waals surface area contributed by atoms with Crippen molar-refractivity contribution in [3.63, 3.8) is 0 Å². The van der Waals surface area contributed by atoms with E-state index in [1.165, 1.54) is 0 Å². The van der Waals surface area contributed by atoms with E-state index in [9.17, 15) is 0 Å². The first-order chi connectivity index (χ1) is 7.36. The Bertz CT molecular complexity index is 335. The highest BCUT2D eigenvalue weighted by atomic mass is 16.5. The summed E-state index contributed by atoms with van der Waals surface area (Å²) < 4.78 is 5.35. The average Bonchev–Trinajstić information content (AvgIpc) is 2.28. The maximum Gasteiger partial charge on any atom is 0.149 e. The largest absolute Gasteiger partial charge is 0.479 e. The van der Waals surface area contributed by atoms with Crippen LogP contribution < -0.4 is 10.1 Å².